The van der Waals surface area contributed by atoms with Crippen molar-refractivity contribution in [2.45, 2.75) is 15.9 Å². The molecule has 1 N–H and O–H groups in total. The molecule has 4 rings (SSSR count). The largest absolute Gasteiger partial charge is 0.492 e. The van der Waals surface area contributed by atoms with E-state index in [1.807, 2.05) is 0 Å². The summed E-state index contributed by atoms with van der Waals surface area (Å²) in [5, 5.41) is 3.10. The number of sulfonamides is 2. The second-order valence-electron chi connectivity index (χ2n) is 8.46. The number of carbonyl (C=O) groups is 1. The van der Waals surface area contributed by atoms with Gasteiger partial charge in [-0.3, -0.25) is 9.10 Å². The van der Waals surface area contributed by atoms with Gasteiger partial charge >= 0.3 is 0 Å². The molecule has 0 aliphatic carbocycles. The van der Waals surface area contributed by atoms with Crippen molar-refractivity contribution in [2.75, 3.05) is 38.1 Å². The lowest BCUT2D eigenvalue weighted by Gasteiger charge is -2.34. The fourth-order valence-electron chi connectivity index (χ4n) is 3.68. The number of amides is 1. The first kappa shape index (κ1) is 27.7. The number of fused-ring (bicyclic) bond motifs is 1. The molecule has 0 spiro atoms. The van der Waals surface area contributed by atoms with Crippen LogP contribution in [0.2, 0.25) is 5.02 Å². The van der Waals surface area contributed by atoms with Gasteiger partial charge in [0.1, 0.15) is 18.1 Å². The van der Waals surface area contributed by atoms with E-state index in [2.05, 4.69) is 5.32 Å². The van der Waals surface area contributed by atoms with E-state index in [0.717, 1.165) is 8.61 Å². The van der Waals surface area contributed by atoms with Crippen LogP contribution in [0, 0.1) is 0 Å². The van der Waals surface area contributed by atoms with Crippen LogP contribution in [0.4, 0.5) is 5.69 Å². The van der Waals surface area contributed by atoms with Crippen molar-refractivity contribution in [1.82, 2.24) is 9.62 Å². The maximum Gasteiger partial charge on any atom is 0.264 e. The number of hydrogen-bond acceptors (Lipinski definition) is 7. The first-order valence-electron chi connectivity index (χ1n) is 11.5. The number of rotatable bonds is 9. The summed E-state index contributed by atoms with van der Waals surface area (Å²) in [6, 6.07) is 18.3. The highest BCUT2D eigenvalue weighted by Gasteiger charge is 2.37. The Hall–Kier alpha value is -3.32. The minimum Gasteiger partial charge on any atom is -0.492 e. The third kappa shape index (κ3) is 5.88. The van der Waals surface area contributed by atoms with Crippen molar-refractivity contribution in [3.63, 3.8) is 0 Å². The van der Waals surface area contributed by atoms with Gasteiger partial charge in [0, 0.05) is 19.1 Å². The van der Waals surface area contributed by atoms with Crippen LogP contribution >= 0.6 is 11.6 Å². The fraction of sp³-hybridized carbons (Fsp3) is 0.240. The van der Waals surface area contributed by atoms with Crippen molar-refractivity contribution < 1.29 is 31.1 Å². The van der Waals surface area contributed by atoms with Gasteiger partial charge in [-0.1, -0.05) is 23.7 Å². The Morgan fingerprint density at radius 3 is 2.29 bits per heavy atom. The number of hydrogen-bond donors (Lipinski definition) is 1. The summed E-state index contributed by atoms with van der Waals surface area (Å²) >= 11 is 5.91. The zero-order valence-electron chi connectivity index (χ0n) is 20.6. The highest BCUT2D eigenvalue weighted by atomic mass is 35.5. The van der Waals surface area contributed by atoms with Crippen molar-refractivity contribution in [2.24, 2.45) is 0 Å². The van der Waals surface area contributed by atoms with Crippen LogP contribution < -0.4 is 19.1 Å². The molecule has 1 unspecified atom stereocenters. The Kier molecular flexibility index (Phi) is 8.16. The molecule has 0 saturated carbocycles. The maximum absolute atomic E-state index is 13.4. The number of benzene rings is 3. The van der Waals surface area contributed by atoms with E-state index in [4.69, 9.17) is 21.1 Å². The highest BCUT2D eigenvalue weighted by molar-refractivity contribution is 7.92. The van der Waals surface area contributed by atoms with Crippen LogP contribution in [-0.4, -0.2) is 66.9 Å². The molecule has 10 nitrogen and oxygen atoms in total. The Bertz CT molecular complexity index is 1510. The van der Waals surface area contributed by atoms with Crippen molar-refractivity contribution >= 4 is 43.2 Å². The van der Waals surface area contributed by atoms with E-state index in [9.17, 15) is 21.6 Å². The second kappa shape index (κ2) is 11.2. The molecule has 0 bridgehead atoms. The molecular formula is C25H26ClN3O7S2. The van der Waals surface area contributed by atoms with Crippen LogP contribution in [0.1, 0.15) is 0 Å². The molecule has 38 heavy (non-hydrogen) atoms. The van der Waals surface area contributed by atoms with Crippen LogP contribution in [-0.2, 0) is 24.8 Å². The zero-order chi connectivity index (χ0) is 27.5. The number of nitrogens with zero attached hydrogens (tertiary/aromatic N) is 2. The number of ether oxygens (including phenoxy) is 2. The lowest BCUT2D eigenvalue weighted by molar-refractivity contribution is -0.127. The molecular weight excluding hydrogens is 554 g/mol. The lowest BCUT2D eigenvalue weighted by Crippen LogP contribution is -2.51. The summed E-state index contributed by atoms with van der Waals surface area (Å²) in [7, 11) is -4.64. The van der Waals surface area contributed by atoms with Gasteiger partial charge in [0.2, 0.25) is 10.0 Å². The Balaban J connectivity index is 1.39. The van der Waals surface area contributed by atoms with Crippen LogP contribution in [0.3, 0.4) is 0 Å². The first-order chi connectivity index (χ1) is 18.0. The Labute approximate surface area is 226 Å². The molecule has 1 atom stereocenters. The summed E-state index contributed by atoms with van der Waals surface area (Å²) in [5.74, 6) is 0.187. The number of halogens is 1. The van der Waals surface area contributed by atoms with E-state index < -0.39 is 32.1 Å². The van der Waals surface area contributed by atoms with E-state index in [-0.39, 0.29) is 35.2 Å². The predicted molar refractivity (Wildman–Crippen MR) is 143 cm³/mol. The van der Waals surface area contributed by atoms with Gasteiger partial charge in [-0.15, -0.1) is 0 Å². The molecule has 1 aliphatic rings. The molecule has 1 heterocycles. The molecule has 13 heteroatoms. The molecule has 3 aromatic rings. The van der Waals surface area contributed by atoms with E-state index in [1.165, 1.54) is 62.6 Å². The lowest BCUT2D eigenvalue weighted by atomic mass is 10.2. The second-order valence-corrected chi connectivity index (χ2v) is 12.9. The number of anilines is 1. The molecule has 1 amide bonds. The SMILES string of the molecule is CN(C)S(=O)(=O)c1ccc(OCCNC(=O)C2CN(S(=O)(=O)c3ccc(Cl)cc3)c3ccccc3O2)cc1. The predicted octanol–water partition coefficient (Wildman–Crippen LogP) is 2.74. The smallest absolute Gasteiger partial charge is 0.264 e. The molecule has 3 aromatic carbocycles. The molecule has 1 aliphatic heterocycles. The van der Waals surface area contributed by atoms with E-state index in [1.54, 1.807) is 24.3 Å². The quantitative estimate of drug-likeness (QED) is 0.387. The van der Waals surface area contributed by atoms with E-state index in [0.29, 0.717) is 16.5 Å². The summed E-state index contributed by atoms with van der Waals surface area (Å²) < 4.78 is 64.8. The van der Waals surface area contributed by atoms with Crippen LogP contribution in [0.5, 0.6) is 11.5 Å². The van der Waals surface area contributed by atoms with Crippen molar-refractivity contribution in [3.05, 3.63) is 77.8 Å². The summed E-state index contributed by atoms with van der Waals surface area (Å²) in [4.78, 5) is 13.1. The molecule has 0 radical (unpaired) electrons. The van der Waals surface area contributed by atoms with Gasteiger partial charge in [-0.25, -0.2) is 21.1 Å². The Morgan fingerprint density at radius 1 is 1.00 bits per heavy atom. The minimum absolute atomic E-state index is 0.0376. The fourth-order valence-corrected chi connectivity index (χ4v) is 6.18. The standard InChI is InChI=1S/C25H26ClN3O7S2/c1-28(2)37(31,32)20-13-9-19(10-14-20)35-16-15-27-25(30)24-17-29(22-5-3-4-6-23(22)36-24)38(33,34)21-11-7-18(26)8-12-21/h3-14,24H,15-17H2,1-2H3,(H,27,30). The van der Waals surface area contributed by atoms with Crippen molar-refractivity contribution in [3.8, 4) is 11.5 Å². The molecule has 0 fully saturated rings. The van der Waals surface area contributed by atoms with Gasteiger partial charge in [0.25, 0.3) is 15.9 Å². The van der Waals surface area contributed by atoms with Gasteiger partial charge < -0.3 is 14.8 Å². The monoisotopic (exact) mass is 579 g/mol. The van der Waals surface area contributed by atoms with Gasteiger partial charge in [-0.05, 0) is 60.7 Å². The summed E-state index contributed by atoms with van der Waals surface area (Å²) in [6.45, 7) is -0.0138. The summed E-state index contributed by atoms with van der Waals surface area (Å²) in [6.07, 6.45) is -1.09. The zero-order valence-corrected chi connectivity index (χ0v) is 23.0. The summed E-state index contributed by atoms with van der Waals surface area (Å²) in [5.41, 5.74) is 0.328. The third-order valence-corrected chi connectivity index (χ3v) is 9.58. The first-order valence-corrected chi connectivity index (χ1v) is 14.7. The van der Waals surface area contributed by atoms with Crippen LogP contribution in [0.15, 0.2) is 82.6 Å². The van der Waals surface area contributed by atoms with Gasteiger partial charge in [0.05, 0.1) is 28.6 Å². The molecule has 0 aromatic heterocycles. The molecule has 0 saturated heterocycles. The Morgan fingerprint density at radius 2 is 1.63 bits per heavy atom. The number of carbonyl (C=O) groups excluding carboxylic acids is 1. The number of para-hydroxylation sites is 2. The van der Waals surface area contributed by atoms with Crippen molar-refractivity contribution in [1.29, 1.82) is 0 Å². The molecule has 202 valence electrons. The van der Waals surface area contributed by atoms with Gasteiger partial charge in [-0.2, -0.15) is 0 Å². The normalized spacial score (nSPS) is 15.5. The topological polar surface area (TPSA) is 122 Å². The highest BCUT2D eigenvalue weighted by Crippen LogP contribution is 2.37. The maximum atomic E-state index is 13.4. The average molecular weight is 580 g/mol. The minimum atomic E-state index is -4.00. The van der Waals surface area contributed by atoms with Crippen LogP contribution in [0.25, 0.3) is 0 Å². The number of nitrogens with one attached hydrogen (secondary N) is 1. The van der Waals surface area contributed by atoms with Gasteiger partial charge in [0.15, 0.2) is 6.10 Å². The average Bonchev–Trinajstić information content (AvgIpc) is 2.90. The van der Waals surface area contributed by atoms with E-state index >= 15 is 0 Å². The third-order valence-electron chi connectivity index (χ3n) is 5.70.